The number of fused-ring (bicyclic) bond motifs is 5. The number of rotatable bonds is 13. The van der Waals surface area contributed by atoms with Crippen molar-refractivity contribution in [2.75, 3.05) is 13.0 Å². The van der Waals surface area contributed by atoms with Crippen molar-refractivity contribution in [2.45, 2.75) is 110 Å². The molecule has 4 fully saturated rings. The second kappa shape index (κ2) is 14.3. The maximum Gasteiger partial charge on any atom is 0.511 e. The number of ether oxygens (including phenoxy) is 3. The molecule has 0 radical (unpaired) electrons. The zero-order valence-electron chi connectivity index (χ0n) is 26.7. The lowest BCUT2D eigenvalue weighted by Crippen LogP contribution is -2.54. The summed E-state index contributed by atoms with van der Waals surface area (Å²) in [6, 6.07) is 0. The molecule has 45 heavy (non-hydrogen) atoms. The first-order chi connectivity index (χ1) is 21.0. The maximum atomic E-state index is 12.4. The third-order valence-electron chi connectivity index (χ3n) is 12.4. The highest BCUT2D eigenvalue weighted by Gasteiger charge is 2.60. The Morgan fingerprint density at radius 1 is 0.867 bits per heavy atom. The van der Waals surface area contributed by atoms with Gasteiger partial charge in [-0.15, -0.1) is 0 Å². The molecular weight excluding hydrogens is 607 g/mol. The molecule has 0 spiro atoms. The van der Waals surface area contributed by atoms with E-state index < -0.39 is 57.0 Å². The van der Waals surface area contributed by atoms with Crippen LogP contribution < -0.4 is 0 Å². The summed E-state index contributed by atoms with van der Waals surface area (Å²) < 4.78 is 26.5. The molecule has 0 aromatic rings. The summed E-state index contributed by atoms with van der Waals surface area (Å²) >= 11 is 0. The van der Waals surface area contributed by atoms with E-state index in [1.165, 1.54) is 32.1 Å². The molecule has 4 aliphatic rings. The molecule has 12 nitrogen and oxygen atoms in total. The first-order valence-corrected chi connectivity index (χ1v) is 18.3. The normalized spacial score (nSPS) is 35.6. The Morgan fingerprint density at radius 3 is 2.22 bits per heavy atom. The minimum absolute atomic E-state index is 0.185. The van der Waals surface area contributed by atoms with Gasteiger partial charge in [0.1, 0.15) is 6.10 Å². The van der Waals surface area contributed by atoms with Crippen LogP contribution >= 0.6 is 7.60 Å². The lowest BCUT2D eigenvalue weighted by atomic mass is 9.44. The molecule has 0 heterocycles. The van der Waals surface area contributed by atoms with Gasteiger partial charge in [0.15, 0.2) is 0 Å². The number of hydrogen-bond donors (Lipinski definition) is 4. The van der Waals surface area contributed by atoms with Gasteiger partial charge in [-0.2, -0.15) is 0 Å². The predicted molar refractivity (Wildman–Crippen MR) is 161 cm³/mol. The first kappa shape index (κ1) is 35.7. The standard InChI is InChI=1S/C32H51O12P/c1-19(4-10-27(33)34)24-8-9-25-23-7-6-21-16-22(12-14-31(21,2)26(23)13-15-32(24,25)3)44-30(38)43-18-42-28(35)11-5-20(29(36)37)17-45(39,40)41/h19-26H,4-18H2,1-3H3,(H,33,34)(H,36,37)(H2,39,40,41)/t19?,20?,21?,22-,23?,24?,25?,26?,31+,32-/m1/s1. The second-order valence-electron chi connectivity index (χ2n) is 14.8. The first-order valence-electron chi connectivity index (χ1n) is 16.5. The topological polar surface area (TPSA) is 194 Å². The Bertz CT molecular complexity index is 1150. The minimum atomic E-state index is -4.56. The summed E-state index contributed by atoms with van der Waals surface area (Å²) in [5.74, 6) is -0.947. The molecule has 0 bridgehead atoms. The third kappa shape index (κ3) is 8.41. The van der Waals surface area contributed by atoms with E-state index in [2.05, 4.69) is 20.8 Å². The van der Waals surface area contributed by atoms with Crippen molar-refractivity contribution in [1.29, 1.82) is 0 Å². The van der Waals surface area contributed by atoms with Crippen LogP contribution in [0.15, 0.2) is 0 Å². The molecule has 7 unspecified atom stereocenters. The summed E-state index contributed by atoms with van der Waals surface area (Å²) in [5, 5.41) is 18.3. The van der Waals surface area contributed by atoms with Crippen LogP contribution in [0, 0.1) is 52.3 Å². The van der Waals surface area contributed by atoms with Crippen LogP contribution in [0.5, 0.6) is 0 Å². The molecule has 256 valence electrons. The Morgan fingerprint density at radius 2 is 1.56 bits per heavy atom. The largest absolute Gasteiger partial charge is 0.511 e. The molecule has 4 N–H and O–H groups in total. The van der Waals surface area contributed by atoms with E-state index in [4.69, 9.17) is 29.1 Å². The SMILES string of the molecule is CC(CCC(=O)O)C1CCC2C3CCC4C[C@H](OC(=O)OCOC(=O)CCC(CP(=O)(O)O)C(=O)O)CC[C@]4(C)C3CC[C@]12C. The molecule has 13 heteroatoms. The number of carbonyl (C=O) groups is 4. The maximum absolute atomic E-state index is 12.4. The number of carboxylic acid groups (broad SMARTS) is 2. The van der Waals surface area contributed by atoms with Gasteiger partial charge < -0.3 is 34.2 Å². The van der Waals surface area contributed by atoms with Gasteiger partial charge in [0.25, 0.3) is 0 Å². The number of hydrogen-bond acceptors (Lipinski definition) is 8. The van der Waals surface area contributed by atoms with E-state index in [-0.39, 0.29) is 29.8 Å². The van der Waals surface area contributed by atoms with E-state index in [1.54, 1.807) is 0 Å². The fourth-order valence-electron chi connectivity index (χ4n) is 10.1. The smallest absolute Gasteiger partial charge is 0.481 e. The molecule has 0 aromatic heterocycles. The Labute approximate surface area is 265 Å². The summed E-state index contributed by atoms with van der Waals surface area (Å²) in [5.41, 5.74) is 0.459. The van der Waals surface area contributed by atoms with Crippen molar-refractivity contribution in [3.05, 3.63) is 0 Å². The zero-order chi connectivity index (χ0) is 33.2. The fraction of sp³-hybridized carbons (Fsp3) is 0.875. The predicted octanol–water partition coefficient (Wildman–Crippen LogP) is 5.83. The van der Waals surface area contributed by atoms with Gasteiger partial charge in [0.05, 0.1) is 12.1 Å². The Kier molecular flexibility index (Phi) is 11.3. The van der Waals surface area contributed by atoms with Gasteiger partial charge in [-0.3, -0.25) is 18.9 Å². The summed E-state index contributed by atoms with van der Waals surface area (Å²) in [4.78, 5) is 64.7. The lowest BCUT2D eigenvalue weighted by molar-refractivity contribution is -0.156. The molecule has 0 saturated heterocycles. The van der Waals surface area contributed by atoms with Crippen molar-refractivity contribution < 1.29 is 58.0 Å². The molecule has 4 aliphatic carbocycles. The van der Waals surface area contributed by atoms with Gasteiger partial charge in [-0.05, 0) is 117 Å². The molecule has 0 aromatic carbocycles. The monoisotopic (exact) mass is 658 g/mol. The summed E-state index contributed by atoms with van der Waals surface area (Å²) in [6.45, 7) is 6.46. The van der Waals surface area contributed by atoms with Crippen LogP contribution in [0.3, 0.4) is 0 Å². The molecule has 0 aliphatic heterocycles. The highest BCUT2D eigenvalue weighted by Crippen LogP contribution is 2.68. The second-order valence-corrected chi connectivity index (χ2v) is 16.5. The third-order valence-corrected chi connectivity index (χ3v) is 13.3. The molecule has 10 atom stereocenters. The number of aliphatic carboxylic acids is 2. The molecule has 0 amide bonds. The van der Waals surface area contributed by atoms with Gasteiger partial charge >= 0.3 is 31.7 Å². The van der Waals surface area contributed by atoms with Crippen LogP contribution in [-0.4, -0.2) is 63.1 Å². The van der Waals surface area contributed by atoms with E-state index in [1.807, 2.05) is 0 Å². The fourth-order valence-corrected chi connectivity index (χ4v) is 11.0. The van der Waals surface area contributed by atoms with E-state index in [0.29, 0.717) is 35.5 Å². The number of carbonyl (C=O) groups excluding carboxylic acids is 2. The van der Waals surface area contributed by atoms with E-state index in [0.717, 1.165) is 32.1 Å². The van der Waals surface area contributed by atoms with Crippen molar-refractivity contribution in [1.82, 2.24) is 0 Å². The quantitative estimate of drug-likeness (QED) is 0.105. The van der Waals surface area contributed by atoms with Gasteiger partial charge in [-0.25, -0.2) is 4.79 Å². The Hall–Kier alpha value is -2.17. The van der Waals surface area contributed by atoms with Crippen molar-refractivity contribution >= 4 is 31.7 Å². The molecule has 4 rings (SSSR count). The highest BCUT2D eigenvalue weighted by atomic mass is 31.2. The summed E-state index contributed by atoms with van der Waals surface area (Å²) in [7, 11) is -4.56. The van der Waals surface area contributed by atoms with Crippen LogP contribution in [0.2, 0.25) is 0 Å². The highest BCUT2D eigenvalue weighted by molar-refractivity contribution is 7.51. The number of esters is 1. The number of carboxylic acids is 2. The van der Waals surface area contributed by atoms with E-state index in [9.17, 15) is 28.8 Å². The minimum Gasteiger partial charge on any atom is -0.481 e. The van der Waals surface area contributed by atoms with Crippen LogP contribution in [0.25, 0.3) is 0 Å². The van der Waals surface area contributed by atoms with Crippen LogP contribution in [0.1, 0.15) is 104 Å². The van der Waals surface area contributed by atoms with Crippen LogP contribution in [-0.2, 0) is 33.2 Å². The van der Waals surface area contributed by atoms with E-state index >= 15 is 0 Å². The summed E-state index contributed by atoms with van der Waals surface area (Å²) in [6.07, 6.45) is 7.71. The van der Waals surface area contributed by atoms with Gasteiger partial charge in [0.2, 0.25) is 6.79 Å². The van der Waals surface area contributed by atoms with Gasteiger partial charge in [-0.1, -0.05) is 20.8 Å². The van der Waals surface area contributed by atoms with Crippen molar-refractivity contribution in [3.63, 3.8) is 0 Å². The average Bonchev–Trinajstić information content (AvgIpc) is 3.30. The van der Waals surface area contributed by atoms with Crippen LogP contribution in [0.4, 0.5) is 4.79 Å². The zero-order valence-corrected chi connectivity index (χ0v) is 27.6. The lowest BCUT2D eigenvalue weighted by Gasteiger charge is -2.61. The molecule has 4 saturated carbocycles. The Balaban J connectivity index is 1.22. The molecular formula is C32H51O12P. The average molecular weight is 659 g/mol. The van der Waals surface area contributed by atoms with Crippen molar-refractivity contribution in [3.8, 4) is 0 Å². The van der Waals surface area contributed by atoms with Gasteiger partial charge in [0, 0.05) is 12.8 Å². The van der Waals surface area contributed by atoms with Crippen molar-refractivity contribution in [2.24, 2.45) is 52.3 Å².